The summed E-state index contributed by atoms with van der Waals surface area (Å²) in [5.41, 5.74) is 7.59. The molecule has 0 amide bonds. The molecule has 2 N–H and O–H groups in total. The smallest absolute Gasteiger partial charge is 0.0331 e. The van der Waals surface area contributed by atoms with Gasteiger partial charge in [-0.1, -0.05) is 34.6 Å². The molecule has 1 aliphatic carbocycles. The number of likely N-dealkylation sites (tertiary alicyclic amines) is 1. The predicted molar refractivity (Wildman–Crippen MR) is 92.4 cm³/mol. The molecule has 2 fully saturated rings. The van der Waals surface area contributed by atoms with Crippen LogP contribution in [-0.2, 0) is 0 Å². The summed E-state index contributed by atoms with van der Waals surface area (Å²) in [4.78, 5) is 2.78. The van der Waals surface area contributed by atoms with Crippen molar-refractivity contribution in [2.75, 3.05) is 19.6 Å². The first-order valence-electron chi connectivity index (χ1n) is 9.14. The lowest BCUT2D eigenvalue weighted by molar-refractivity contribution is 0.0216. The predicted octanol–water partition coefficient (Wildman–Crippen LogP) is 4.43. The fraction of sp³-hybridized carbons (Fsp3) is 1.00. The van der Waals surface area contributed by atoms with E-state index in [0.29, 0.717) is 16.4 Å². The summed E-state index contributed by atoms with van der Waals surface area (Å²) in [7, 11) is 0. The van der Waals surface area contributed by atoms with Crippen LogP contribution in [0.3, 0.4) is 0 Å². The lowest BCUT2D eigenvalue weighted by Crippen LogP contribution is -2.56. The number of rotatable bonds is 2. The third-order valence-electron chi connectivity index (χ3n) is 6.53. The molecule has 1 aliphatic heterocycles. The van der Waals surface area contributed by atoms with Gasteiger partial charge in [0.15, 0.2) is 0 Å². The van der Waals surface area contributed by atoms with Gasteiger partial charge in [0.25, 0.3) is 0 Å². The van der Waals surface area contributed by atoms with Crippen molar-refractivity contribution in [3.8, 4) is 0 Å². The Labute approximate surface area is 132 Å². The highest BCUT2D eigenvalue weighted by Gasteiger charge is 2.42. The SMILES string of the molecule is CC1(C)CCCN(C2(CN)CCC(C(C)(C)C)CC2)CC1. The van der Waals surface area contributed by atoms with E-state index in [0.717, 1.165) is 12.5 Å². The number of nitrogens with two attached hydrogens (primary N) is 1. The van der Waals surface area contributed by atoms with E-state index < -0.39 is 0 Å². The second kappa shape index (κ2) is 6.20. The molecule has 1 saturated carbocycles. The maximum absolute atomic E-state index is 6.30. The van der Waals surface area contributed by atoms with E-state index in [1.165, 1.54) is 58.0 Å². The summed E-state index contributed by atoms with van der Waals surface area (Å²) in [5, 5.41) is 0. The zero-order chi connectivity index (χ0) is 15.7. The van der Waals surface area contributed by atoms with Crippen molar-refractivity contribution in [1.29, 1.82) is 0 Å². The molecule has 124 valence electrons. The number of hydrogen-bond acceptors (Lipinski definition) is 2. The highest BCUT2D eigenvalue weighted by molar-refractivity contribution is 4.98. The van der Waals surface area contributed by atoms with Crippen LogP contribution in [0.1, 0.15) is 79.6 Å². The molecule has 0 atom stereocenters. The van der Waals surface area contributed by atoms with Gasteiger partial charge < -0.3 is 5.73 Å². The standard InChI is InChI=1S/C19H38N2/c1-17(2,3)16-7-10-19(15-20,11-8-16)21-13-6-9-18(4,5)12-14-21/h16H,6-15,20H2,1-5H3. The highest BCUT2D eigenvalue weighted by Crippen LogP contribution is 2.44. The Kier molecular flexibility index (Phi) is 5.10. The minimum atomic E-state index is 0.308. The number of hydrogen-bond donors (Lipinski definition) is 1. The second-order valence-corrected chi connectivity index (χ2v) is 9.57. The molecule has 2 heteroatoms. The van der Waals surface area contributed by atoms with E-state index >= 15 is 0 Å². The van der Waals surface area contributed by atoms with Crippen LogP contribution in [0.25, 0.3) is 0 Å². The summed E-state index contributed by atoms with van der Waals surface area (Å²) in [6, 6.07) is 0. The van der Waals surface area contributed by atoms with E-state index in [1.807, 2.05) is 0 Å². The van der Waals surface area contributed by atoms with Crippen LogP contribution in [0.2, 0.25) is 0 Å². The van der Waals surface area contributed by atoms with Crippen molar-refractivity contribution < 1.29 is 0 Å². The van der Waals surface area contributed by atoms with Gasteiger partial charge in [0, 0.05) is 12.1 Å². The van der Waals surface area contributed by atoms with Crippen molar-refractivity contribution in [3.63, 3.8) is 0 Å². The maximum Gasteiger partial charge on any atom is 0.0331 e. The minimum Gasteiger partial charge on any atom is -0.329 e. The molecule has 0 aromatic heterocycles. The van der Waals surface area contributed by atoms with E-state index in [2.05, 4.69) is 39.5 Å². The van der Waals surface area contributed by atoms with Crippen LogP contribution in [0, 0.1) is 16.7 Å². The zero-order valence-electron chi connectivity index (χ0n) is 15.2. The monoisotopic (exact) mass is 294 g/mol. The normalized spacial score (nSPS) is 35.4. The van der Waals surface area contributed by atoms with Gasteiger partial charge in [0.05, 0.1) is 0 Å². The van der Waals surface area contributed by atoms with Gasteiger partial charge in [0.2, 0.25) is 0 Å². The molecule has 2 rings (SSSR count). The van der Waals surface area contributed by atoms with Gasteiger partial charge in [-0.05, 0) is 74.8 Å². The van der Waals surface area contributed by atoms with Gasteiger partial charge in [-0.25, -0.2) is 0 Å². The first kappa shape index (κ1) is 17.3. The largest absolute Gasteiger partial charge is 0.329 e. The van der Waals surface area contributed by atoms with Gasteiger partial charge >= 0.3 is 0 Å². The first-order valence-corrected chi connectivity index (χ1v) is 9.14. The molecule has 1 saturated heterocycles. The molecule has 1 heterocycles. The molecule has 0 radical (unpaired) electrons. The fourth-order valence-electron chi connectivity index (χ4n) is 4.57. The molecule has 2 nitrogen and oxygen atoms in total. The summed E-state index contributed by atoms with van der Waals surface area (Å²) in [6.45, 7) is 15.4. The van der Waals surface area contributed by atoms with E-state index in [4.69, 9.17) is 5.73 Å². The number of nitrogens with zero attached hydrogens (tertiary/aromatic N) is 1. The molecular weight excluding hydrogens is 256 g/mol. The summed E-state index contributed by atoms with van der Waals surface area (Å²) in [5.74, 6) is 0.876. The van der Waals surface area contributed by atoms with Gasteiger partial charge in [-0.2, -0.15) is 0 Å². The summed E-state index contributed by atoms with van der Waals surface area (Å²) in [6.07, 6.45) is 9.39. The Hall–Kier alpha value is -0.0800. The Morgan fingerprint density at radius 3 is 2.14 bits per heavy atom. The van der Waals surface area contributed by atoms with Crippen LogP contribution in [0.15, 0.2) is 0 Å². The Bertz CT molecular complexity index is 332. The van der Waals surface area contributed by atoms with Gasteiger partial charge in [0.1, 0.15) is 0 Å². The molecule has 21 heavy (non-hydrogen) atoms. The summed E-state index contributed by atoms with van der Waals surface area (Å²) >= 11 is 0. The molecule has 0 unspecified atom stereocenters. The van der Waals surface area contributed by atoms with Crippen molar-refractivity contribution in [2.24, 2.45) is 22.5 Å². The molecule has 0 aromatic rings. The Balaban J connectivity index is 2.03. The summed E-state index contributed by atoms with van der Waals surface area (Å²) < 4.78 is 0. The first-order chi connectivity index (χ1) is 9.69. The van der Waals surface area contributed by atoms with E-state index in [9.17, 15) is 0 Å². The van der Waals surface area contributed by atoms with Crippen molar-refractivity contribution in [3.05, 3.63) is 0 Å². The lowest BCUT2D eigenvalue weighted by Gasteiger charge is -2.49. The van der Waals surface area contributed by atoms with Crippen molar-refractivity contribution in [1.82, 2.24) is 4.90 Å². The molecule has 0 aromatic carbocycles. The molecule has 0 bridgehead atoms. The average molecular weight is 295 g/mol. The van der Waals surface area contributed by atoms with Crippen LogP contribution < -0.4 is 5.73 Å². The van der Waals surface area contributed by atoms with Gasteiger partial charge in [-0.3, -0.25) is 4.90 Å². The Morgan fingerprint density at radius 1 is 1.00 bits per heavy atom. The fourth-order valence-corrected chi connectivity index (χ4v) is 4.57. The third kappa shape index (κ3) is 4.01. The van der Waals surface area contributed by atoms with Crippen LogP contribution in [-0.4, -0.2) is 30.1 Å². The zero-order valence-corrected chi connectivity index (χ0v) is 15.2. The van der Waals surface area contributed by atoms with Crippen LogP contribution >= 0.6 is 0 Å². The van der Waals surface area contributed by atoms with E-state index in [-0.39, 0.29) is 0 Å². The molecule has 2 aliphatic rings. The topological polar surface area (TPSA) is 29.3 Å². The van der Waals surface area contributed by atoms with Crippen molar-refractivity contribution in [2.45, 2.75) is 85.1 Å². The average Bonchev–Trinajstić information content (AvgIpc) is 2.59. The Morgan fingerprint density at radius 2 is 1.62 bits per heavy atom. The van der Waals surface area contributed by atoms with Crippen molar-refractivity contribution >= 4 is 0 Å². The second-order valence-electron chi connectivity index (χ2n) is 9.57. The van der Waals surface area contributed by atoms with Gasteiger partial charge in [-0.15, -0.1) is 0 Å². The third-order valence-corrected chi connectivity index (χ3v) is 6.53. The van der Waals surface area contributed by atoms with Crippen LogP contribution in [0.5, 0.6) is 0 Å². The van der Waals surface area contributed by atoms with E-state index in [1.54, 1.807) is 0 Å². The maximum atomic E-state index is 6.30. The minimum absolute atomic E-state index is 0.308. The molecule has 0 spiro atoms. The quantitative estimate of drug-likeness (QED) is 0.816. The van der Waals surface area contributed by atoms with Crippen LogP contribution in [0.4, 0.5) is 0 Å². The molecular formula is C19H38N2. The lowest BCUT2D eigenvalue weighted by atomic mass is 9.66. The highest BCUT2D eigenvalue weighted by atomic mass is 15.2.